The molecule has 24 heavy (non-hydrogen) atoms. The summed E-state index contributed by atoms with van der Waals surface area (Å²) in [7, 11) is 1.84. The van der Waals surface area contributed by atoms with Crippen molar-refractivity contribution < 1.29 is 13.9 Å². The number of nitrogens with zero attached hydrogens (tertiary/aromatic N) is 1. The number of benzene rings is 2. The lowest BCUT2D eigenvalue weighted by Crippen LogP contribution is -2.30. The highest BCUT2D eigenvalue weighted by Gasteiger charge is 2.09. The van der Waals surface area contributed by atoms with Gasteiger partial charge in [-0.05, 0) is 36.9 Å². The summed E-state index contributed by atoms with van der Waals surface area (Å²) in [6.45, 7) is 4.84. The van der Waals surface area contributed by atoms with Gasteiger partial charge in [-0.2, -0.15) is 0 Å². The van der Waals surface area contributed by atoms with Crippen LogP contribution >= 0.6 is 0 Å². The maximum Gasteiger partial charge on any atom is 0.238 e. The van der Waals surface area contributed by atoms with Crippen LogP contribution < -0.4 is 10.1 Å². The molecule has 0 aliphatic carbocycles. The molecule has 0 bridgehead atoms. The van der Waals surface area contributed by atoms with Crippen molar-refractivity contribution in [3.8, 4) is 5.75 Å². The summed E-state index contributed by atoms with van der Waals surface area (Å²) in [5, 5.41) is 2.57. The van der Waals surface area contributed by atoms with Crippen LogP contribution in [-0.2, 0) is 11.3 Å². The van der Waals surface area contributed by atoms with Gasteiger partial charge in [0.25, 0.3) is 0 Å². The van der Waals surface area contributed by atoms with Gasteiger partial charge in [0.05, 0.1) is 12.2 Å². The second-order valence-electron chi connectivity index (χ2n) is 5.44. The minimum atomic E-state index is -0.441. The summed E-state index contributed by atoms with van der Waals surface area (Å²) in [4.78, 5) is 13.8. The van der Waals surface area contributed by atoms with Gasteiger partial charge in [-0.15, -0.1) is 0 Å². The average molecular weight is 328 g/mol. The number of likely N-dealkylation sites (N-methyl/N-ethyl adjacent to an activating group) is 1. The molecule has 0 spiro atoms. The van der Waals surface area contributed by atoms with E-state index in [9.17, 15) is 9.18 Å². The fourth-order valence-corrected chi connectivity index (χ4v) is 2.21. The van der Waals surface area contributed by atoms with E-state index in [4.69, 9.17) is 4.74 Å². The maximum atomic E-state index is 13.5. The normalized spacial score (nSPS) is 10.5. The van der Waals surface area contributed by atoms with E-state index in [1.54, 1.807) is 18.2 Å². The number of carbonyl (C=O) groups is 1. The van der Waals surface area contributed by atoms with E-state index in [-0.39, 0.29) is 18.1 Å². The van der Waals surface area contributed by atoms with Crippen molar-refractivity contribution in [1.82, 2.24) is 4.90 Å². The minimum absolute atomic E-state index is 0.170. The van der Waals surface area contributed by atoms with E-state index in [0.717, 1.165) is 11.3 Å². The quantitative estimate of drug-likeness (QED) is 0.755. The number of rotatable bonds is 8. The maximum absolute atomic E-state index is 13.5. The van der Waals surface area contributed by atoms with Gasteiger partial charge in [0.15, 0.2) is 0 Å². The van der Waals surface area contributed by atoms with Crippen LogP contribution in [0.4, 0.5) is 10.1 Å². The van der Waals surface area contributed by atoms with Crippen molar-refractivity contribution in [2.75, 3.05) is 25.5 Å². The molecule has 0 fully saturated rings. The van der Waals surface area contributed by atoms with Gasteiger partial charge < -0.3 is 10.1 Å². The Balaban J connectivity index is 1.84. The number of para-hydroxylation sites is 1. The monoisotopic (exact) mass is 328 g/mol. The molecular weight excluding hydrogens is 307 g/mol. The van der Waals surface area contributed by atoms with E-state index in [1.807, 2.05) is 36.2 Å². The molecule has 0 atom stereocenters. The molecule has 0 aromatic heterocycles. The van der Waals surface area contributed by atoms with Gasteiger partial charge >= 0.3 is 0 Å². The molecule has 0 aliphatic rings. The number of nitrogens with one attached hydrogen (secondary N) is 1. The SMILES string of the molecule is C=CCOc1ccc(CN(C)CC(=O)Nc2ccccc2F)cc1. The van der Waals surface area contributed by atoms with Gasteiger partial charge in [0.2, 0.25) is 5.91 Å². The molecule has 2 aromatic carbocycles. The Morgan fingerprint density at radius 2 is 1.96 bits per heavy atom. The summed E-state index contributed by atoms with van der Waals surface area (Å²) in [6.07, 6.45) is 1.69. The van der Waals surface area contributed by atoms with E-state index < -0.39 is 5.82 Å². The molecule has 0 saturated heterocycles. The van der Waals surface area contributed by atoms with Crippen molar-refractivity contribution in [3.05, 3.63) is 72.6 Å². The Morgan fingerprint density at radius 1 is 1.25 bits per heavy atom. The van der Waals surface area contributed by atoms with Crippen molar-refractivity contribution in [2.45, 2.75) is 6.54 Å². The zero-order chi connectivity index (χ0) is 17.4. The molecule has 1 N–H and O–H groups in total. The third-order valence-electron chi connectivity index (χ3n) is 3.31. The number of amides is 1. The molecule has 2 rings (SSSR count). The van der Waals surface area contributed by atoms with Crippen LogP contribution in [0.5, 0.6) is 5.75 Å². The van der Waals surface area contributed by atoms with Crippen molar-refractivity contribution in [2.24, 2.45) is 0 Å². The number of hydrogen-bond donors (Lipinski definition) is 1. The molecule has 0 radical (unpaired) electrons. The van der Waals surface area contributed by atoms with Crippen molar-refractivity contribution >= 4 is 11.6 Å². The van der Waals surface area contributed by atoms with Crippen molar-refractivity contribution in [3.63, 3.8) is 0 Å². The molecule has 2 aromatic rings. The van der Waals surface area contributed by atoms with Gasteiger partial charge in [0, 0.05) is 6.54 Å². The number of halogens is 1. The molecule has 0 heterocycles. The standard InChI is InChI=1S/C19H21FN2O2/c1-3-12-24-16-10-8-15(9-11-16)13-22(2)14-19(23)21-18-7-5-4-6-17(18)20/h3-11H,1,12-14H2,2H3,(H,21,23). The number of carbonyl (C=O) groups excluding carboxylic acids is 1. The highest BCUT2D eigenvalue weighted by molar-refractivity contribution is 5.92. The molecule has 0 saturated carbocycles. The summed E-state index contributed by atoms with van der Waals surface area (Å²) < 4.78 is 18.9. The Kier molecular flexibility index (Phi) is 6.51. The van der Waals surface area contributed by atoms with Gasteiger partial charge in [-0.1, -0.05) is 36.9 Å². The Labute approximate surface area is 141 Å². The van der Waals surface area contributed by atoms with Crippen LogP contribution in [0, 0.1) is 5.82 Å². The second-order valence-corrected chi connectivity index (χ2v) is 5.44. The predicted molar refractivity (Wildman–Crippen MR) is 93.5 cm³/mol. The number of ether oxygens (including phenoxy) is 1. The third-order valence-corrected chi connectivity index (χ3v) is 3.31. The Bertz CT molecular complexity index is 686. The Hall–Kier alpha value is -2.66. The molecule has 0 unspecified atom stereocenters. The average Bonchev–Trinajstić information content (AvgIpc) is 2.56. The third kappa shape index (κ3) is 5.52. The number of anilines is 1. The van der Waals surface area contributed by atoms with Gasteiger partial charge in [0.1, 0.15) is 18.2 Å². The first kappa shape index (κ1) is 17.7. The molecule has 0 aliphatic heterocycles. The fraction of sp³-hybridized carbons (Fsp3) is 0.211. The van der Waals surface area contributed by atoms with Gasteiger partial charge in [-0.25, -0.2) is 4.39 Å². The highest BCUT2D eigenvalue weighted by Crippen LogP contribution is 2.14. The molecular formula is C19H21FN2O2. The van der Waals surface area contributed by atoms with E-state index in [2.05, 4.69) is 11.9 Å². The number of hydrogen-bond acceptors (Lipinski definition) is 3. The zero-order valence-corrected chi connectivity index (χ0v) is 13.7. The first-order valence-electron chi connectivity index (χ1n) is 7.64. The van der Waals surface area contributed by atoms with Crippen LogP contribution in [0.3, 0.4) is 0 Å². The van der Waals surface area contributed by atoms with E-state index in [1.165, 1.54) is 12.1 Å². The molecule has 126 valence electrons. The first-order chi connectivity index (χ1) is 11.6. The van der Waals surface area contributed by atoms with Crippen LogP contribution in [0.2, 0.25) is 0 Å². The summed E-state index contributed by atoms with van der Waals surface area (Å²) in [5.74, 6) is 0.0794. The zero-order valence-electron chi connectivity index (χ0n) is 13.7. The van der Waals surface area contributed by atoms with Crippen LogP contribution in [-0.4, -0.2) is 31.0 Å². The largest absolute Gasteiger partial charge is 0.490 e. The summed E-state index contributed by atoms with van der Waals surface area (Å²) in [6, 6.07) is 13.8. The molecule has 4 nitrogen and oxygen atoms in total. The predicted octanol–water partition coefficient (Wildman–Crippen LogP) is 3.46. The summed E-state index contributed by atoms with van der Waals surface area (Å²) >= 11 is 0. The topological polar surface area (TPSA) is 41.6 Å². The van der Waals surface area contributed by atoms with Crippen LogP contribution in [0.25, 0.3) is 0 Å². The lowest BCUT2D eigenvalue weighted by Gasteiger charge is -2.17. The second kappa shape index (κ2) is 8.84. The molecule has 5 heteroatoms. The minimum Gasteiger partial charge on any atom is -0.490 e. The smallest absolute Gasteiger partial charge is 0.238 e. The van der Waals surface area contributed by atoms with Gasteiger partial charge in [-0.3, -0.25) is 9.69 Å². The Morgan fingerprint density at radius 3 is 2.62 bits per heavy atom. The lowest BCUT2D eigenvalue weighted by molar-refractivity contribution is -0.117. The van der Waals surface area contributed by atoms with E-state index in [0.29, 0.717) is 13.2 Å². The van der Waals surface area contributed by atoms with Crippen LogP contribution in [0.1, 0.15) is 5.56 Å². The fourth-order valence-electron chi connectivity index (χ4n) is 2.21. The lowest BCUT2D eigenvalue weighted by atomic mass is 10.2. The highest BCUT2D eigenvalue weighted by atomic mass is 19.1. The van der Waals surface area contributed by atoms with E-state index >= 15 is 0 Å². The molecule has 1 amide bonds. The summed E-state index contributed by atoms with van der Waals surface area (Å²) in [5.41, 5.74) is 1.25. The van der Waals surface area contributed by atoms with Crippen molar-refractivity contribution in [1.29, 1.82) is 0 Å². The first-order valence-corrected chi connectivity index (χ1v) is 7.64. The van der Waals surface area contributed by atoms with Crippen LogP contribution in [0.15, 0.2) is 61.2 Å².